The van der Waals surface area contributed by atoms with Gasteiger partial charge in [-0.15, -0.1) is 0 Å². The molecule has 0 unspecified atom stereocenters. The third-order valence-corrected chi connectivity index (χ3v) is 3.77. The Balaban J connectivity index is 2.15. The molecular formula is C19H24N2O4. The SMILES string of the molecule is COCc1ccccc1NC(=O)N(CCO)Cc1ccccc1OC. The molecular weight excluding hydrogens is 320 g/mol. The smallest absolute Gasteiger partial charge is 0.322 e. The van der Waals surface area contributed by atoms with Crippen LogP contribution in [-0.4, -0.2) is 43.4 Å². The maximum absolute atomic E-state index is 12.7. The third kappa shape index (κ3) is 5.20. The van der Waals surface area contributed by atoms with Gasteiger partial charge in [-0.2, -0.15) is 0 Å². The Morgan fingerprint density at radius 1 is 1.08 bits per heavy atom. The lowest BCUT2D eigenvalue weighted by atomic mass is 10.2. The van der Waals surface area contributed by atoms with E-state index in [-0.39, 0.29) is 19.2 Å². The molecule has 2 aromatic rings. The van der Waals surface area contributed by atoms with Crippen LogP contribution in [0.5, 0.6) is 5.75 Å². The highest BCUT2D eigenvalue weighted by atomic mass is 16.5. The van der Waals surface area contributed by atoms with Gasteiger partial charge in [-0.05, 0) is 12.1 Å². The van der Waals surface area contributed by atoms with Gasteiger partial charge >= 0.3 is 6.03 Å². The van der Waals surface area contributed by atoms with Crippen molar-refractivity contribution >= 4 is 11.7 Å². The molecule has 0 aliphatic heterocycles. The molecule has 0 saturated carbocycles. The number of hydrogen-bond acceptors (Lipinski definition) is 4. The summed E-state index contributed by atoms with van der Waals surface area (Å²) in [6, 6.07) is 14.7. The first-order chi connectivity index (χ1) is 12.2. The highest BCUT2D eigenvalue weighted by Gasteiger charge is 2.16. The van der Waals surface area contributed by atoms with E-state index in [1.807, 2.05) is 48.5 Å². The van der Waals surface area contributed by atoms with Gasteiger partial charge in [0.15, 0.2) is 0 Å². The Kier molecular flexibility index (Phi) is 7.25. The van der Waals surface area contributed by atoms with Gasteiger partial charge < -0.3 is 24.8 Å². The standard InChI is InChI=1S/C19H24N2O4/c1-24-14-16-8-3-5-9-17(16)20-19(23)21(11-12-22)13-15-7-4-6-10-18(15)25-2/h3-10,22H,11-14H2,1-2H3,(H,20,23). The molecule has 2 N–H and O–H groups in total. The molecule has 0 saturated heterocycles. The first-order valence-corrected chi connectivity index (χ1v) is 8.05. The Morgan fingerprint density at radius 3 is 2.44 bits per heavy atom. The van der Waals surface area contributed by atoms with E-state index in [2.05, 4.69) is 5.32 Å². The van der Waals surface area contributed by atoms with Crippen molar-refractivity contribution in [1.82, 2.24) is 4.90 Å². The van der Waals surface area contributed by atoms with Crippen LogP contribution < -0.4 is 10.1 Å². The second-order valence-electron chi connectivity index (χ2n) is 5.48. The first kappa shape index (κ1) is 18.8. The summed E-state index contributed by atoms with van der Waals surface area (Å²) in [4.78, 5) is 14.2. The Bertz CT molecular complexity index is 691. The molecule has 0 aliphatic rings. The quantitative estimate of drug-likeness (QED) is 0.772. The number of nitrogens with zero attached hydrogens (tertiary/aromatic N) is 1. The van der Waals surface area contributed by atoms with Gasteiger partial charge in [0.1, 0.15) is 5.75 Å². The fraction of sp³-hybridized carbons (Fsp3) is 0.316. The topological polar surface area (TPSA) is 71.0 Å². The molecule has 6 nitrogen and oxygen atoms in total. The highest BCUT2D eigenvalue weighted by molar-refractivity contribution is 5.90. The van der Waals surface area contributed by atoms with E-state index in [4.69, 9.17) is 9.47 Å². The number of nitrogens with one attached hydrogen (secondary N) is 1. The van der Waals surface area contributed by atoms with Gasteiger partial charge in [0.05, 0.1) is 26.9 Å². The van der Waals surface area contributed by atoms with Crippen molar-refractivity contribution in [3.8, 4) is 5.75 Å². The van der Waals surface area contributed by atoms with E-state index in [1.165, 1.54) is 0 Å². The molecule has 134 valence electrons. The lowest BCUT2D eigenvalue weighted by Gasteiger charge is -2.24. The van der Waals surface area contributed by atoms with Crippen molar-refractivity contribution in [1.29, 1.82) is 0 Å². The average Bonchev–Trinajstić information content (AvgIpc) is 2.63. The number of amides is 2. The molecule has 6 heteroatoms. The molecule has 0 aliphatic carbocycles. The second kappa shape index (κ2) is 9.66. The van der Waals surface area contributed by atoms with Gasteiger partial charge in [-0.1, -0.05) is 36.4 Å². The van der Waals surface area contributed by atoms with E-state index in [9.17, 15) is 9.90 Å². The number of rotatable bonds is 8. The van der Waals surface area contributed by atoms with Crippen LogP contribution in [0.3, 0.4) is 0 Å². The summed E-state index contributed by atoms with van der Waals surface area (Å²) < 4.78 is 10.5. The summed E-state index contributed by atoms with van der Waals surface area (Å²) in [5, 5.41) is 12.2. The number of aliphatic hydroxyl groups excluding tert-OH is 1. The van der Waals surface area contributed by atoms with Crippen LogP contribution in [0.25, 0.3) is 0 Å². The zero-order chi connectivity index (χ0) is 18.1. The lowest BCUT2D eigenvalue weighted by molar-refractivity contribution is 0.182. The minimum absolute atomic E-state index is 0.123. The monoisotopic (exact) mass is 344 g/mol. The molecule has 2 aromatic carbocycles. The summed E-state index contributed by atoms with van der Waals surface area (Å²) in [6.45, 7) is 0.838. The summed E-state index contributed by atoms with van der Waals surface area (Å²) >= 11 is 0. The number of anilines is 1. The summed E-state index contributed by atoms with van der Waals surface area (Å²) in [7, 11) is 3.20. The minimum Gasteiger partial charge on any atom is -0.496 e. The molecule has 0 spiro atoms. The van der Waals surface area contributed by atoms with Crippen LogP contribution in [0.1, 0.15) is 11.1 Å². The molecule has 2 amide bonds. The van der Waals surface area contributed by atoms with Gasteiger partial charge in [0.2, 0.25) is 0 Å². The summed E-state index contributed by atoms with van der Waals surface area (Å²) in [5.74, 6) is 0.707. The molecule has 0 bridgehead atoms. The molecule has 0 heterocycles. The lowest BCUT2D eigenvalue weighted by Crippen LogP contribution is -2.36. The summed E-state index contributed by atoms with van der Waals surface area (Å²) in [5.41, 5.74) is 2.45. The number of benzene rings is 2. The van der Waals surface area contributed by atoms with Crippen LogP contribution in [0, 0.1) is 0 Å². The zero-order valence-corrected chi connectivity index (χ0v) is 14.6. The average molecular weight is 344 g/mol. The summed E-state index contributed by atoms with van der Waals surface area (Å²) in [6.07, 6.45) is 0. The molecule has 0 fully saturated rings. The Hall–Kier alpha value is -2.57. The number of hydrogen-bond donors (Lipinski definition) is 2. The molecule has 2 rings (SSSR count). The number of methoxy groups -OCH3 is 2. The van der Waals surface area contributed by atoms with Crippen LogP contribution >= 0.6 is 0 Å². The van der Waals surface area contributed by atoms with E-state index < -0.39 is 0 Å². The minimum atomic E-state index is -0.288. The molecule has 25 heavy (non-hydrogen) atoms. The number of urea groups is 1. The van der Waals surface area contributed by atoms with Gasteiger partial charge in [-0.25, -0.2) is 4.79 Å². The van der Waals surface area contributed by atoms with E-state index in [1.54, 1.807) is 19.1 Å². The van der Waals surface area contributed by atoms with Crippen molar-refractivity contribution < 1.29 is 19.4 Å². The predicted molar refractivity (Wildman–Crippen MR) is 96.7 cm³/mol. The van der Waals surface area contributed by atoms with Crippen molar-refractivity contribution in [3.63, 3.8) is 0 Å². The number of aliphatic hydroxyl groups is 1. The number of ether oxygens (including phenoxy) is 2. The molecule has 0 atom stereocenters. The van der Waals surface area contributed by atoms with Crippen LogP contribution in [0.2, 0.25) is 0 Å². The number of para-hydroxylation sites is 2. The van der Waals surface area contributed by atoms with Crippen LogP contribution in [0.4, 0.5) is 10.5 Å². The van der Waals surface area contributed by atoms with E-state index in [0.29, 0.717) is 24.6 Å². The molecule has 0 radical (unpaired) electrons. The fourth-order valence-electron chi connectivity index (χ4n) is 2.53. The van der Waals surface area contributed by atoms with Crippen LogP contribution in [0.15, 0.2) is 48.5 Å². The molecule has 0 aromatic heterocycles. The van der Waals surface area contributed by atoms with Gasteiger partial charge in [0, 0.05) is 30.5 Å². The van der Waals surface area contributed by atoms with E-state index in [0.717, 1.165) is 11.1 Å². The number of carbonyl (C=O) groups is 1. The largest absolute Gasteiger partial charge is 0.496 e. The normalized spacial score (nSPS) is 10.4. The van der Waals surface area contributed by atoms with Crippen molar-refractivity contribution in [3.05, 3.63) is 59.7 Å². The van der Waals surface area contributed by atoms with Crippen molar-refractivity contribution in [2.45, 2.75) is 13.2 Å². The maximum atomic E-state index is 12.7. The van der Waals surface area contributed by atoms with Crippen molar-refractivity contribution in [2.24, 2.45) is 0 Å². The van der Waals surface area contributed by atoms with Crippen molar-refractivity contribution in [2.75, 3.05) is 32.7 Å². The van der Waals surface area contributed by atoms with Crippen LogP contribution in [-0.2, 0) is 17.9 Å². The maximum Gasteiger partial charge on any atom is 0.322 e. The Morgan fingerprint density at radius 2 is 1.76 bits per heavy atom. The second-order valence-corrected chi connectivity index (χ2v) is 5.48. The van der Waals surface area contributed by atoms with Gasteiger partial charge in [-0.3, -0.25) is 0 Å². The van der Waals surface area contributed by atoms with E-state index >= 15 is 0 Å². The number of carbonyl (C=O) groups excluding carboxylic acids is 1. The fourth-order valence-corrected chi connectivity index (χ4v) is 2.53. The first-order valence-electron chi connectivity index (χ1n) is 8.05. The zero-order valence-electron chi connectivity index (χ0n) is 14.6. The third-order valence-electron chi connectivity index (χ3n) is 3.77. The highest BCUT2D eigenvalue weighted by Crippen LogP contribution is 2.21. The van der Waals surface area contributed by atoms with Gasteiger partial charge in [0.25, 0.3) is 0 Å². The Labute approximate surface area is 148 Å². The predicted octanol–water partition coefficient (Wildman–Crippen LogP) is 2.87.